The number of carbonyl (C=O) groups excluding carboxylic acids is 3. The molecule has 10 rings (SSSR count). The van der Waals surface area contributed by atoms with Crippen molar-refractivity contribution in [1.82, 2.24) is 0 Å². The van der Waals surface area contributed by atoms with Crippen LogP contribution in [0, 0.1) is 0 Å². The van der Waals surface area contributed by atoms with Gasteiger partial charge < -0.3 is 28.9 Å². The van der Waals surface area contributed by atoms with E-state index < -0.39 is 5.97 Å². The lowest BCUT2D eigenvalue weighted by atomic mass is 9.72. The van der Waals surface area contributed by atoms with Crippen LogP contribution in [0.2, 0.25) is 0 Å². The fourth-order valence-electron chi connectivity index (χ4n) is 10.6. The zero-order valence-corrected chi connectivity index (χ0v) is 38.1. The van der Waals surface area contributed by atoms with E-state index in [0.717, 1.165) is 35.2 Å². The number of esters is 1. The maximum absolute atomic E-state index is 13.4. The van der Waals surface area contributed by atoms with Crippen LogP contribution in [0.3, 0.4) is 0 Å². The Morgan fingerprint density at radius 1 is 0.582 bits per heavy atom. The summed E-state index contributed by atoms with van der Waals surface area (Å²) in [5.74, 6) is 1.69. The van der Waals surface area contributed by atoms with Crippen molar-refractivity contribution in [2.75, 3.05) is 42.7 Å². The number of nitrogens with zero attached hydrogens (tertiary/aromatic N) is 2. The van der Waals surface area contributed by atoms with Crippen LogP contribution < -0.4 is 28.9 Å². The molecule has 1 atom stereocenters. The first-order valence-corrected chi connectivity index (χ1v) is 22.8. The fourth-order valence-corrected chi connectivity index (χ4v) is 10.6. The molecule has 6 aromatic carbocycles. The summed E-state index contributed by atoms with van der Waals surface area (Å²) in [6, 6.07) is 42.1. The van der Waals surface area contributed by atoms with Gasteiger partial charge in [-0.25, -0.2) is 4.79 Å². The average molecular weight is 893 g/mol. The minimum absolute atomic E-state index is 0.0524. The largest absolute Gasteiger partial charge is 0.490 e. The molecule has 0 radical (unpaired) electrons. The van der Waals surface area contributed by atoms with E-state index in [0.29, 0.717) is 66.1 Å². The molecule has 0 saturated carbocycles. The van der Waals surface area contributed by atoms with Crippen molar-refractivity contribution in [2.24, 2.45) is 0 Å². The summed E-state index contributed by atoms with van der Waals surface area (Å²) < 4.78 is 17.9. The molecule has 6 aromatic rings. The zero-order valence-electron chi connectivity index (χ0n) is 38.1. The van der Waals surface area contributed by atoms with Gasteiger partial charge in [0, 0.05) is 22.6 Å². The number of anilines is 2. The molecule has 0 aromatic heterocycles. The number of hydrogen-bond acceptors (Lipinski definition) is 8. The van der Waals surface area contributed by atoms with Crippen LogP contribution in [-0.2, 0) is 25.9 Å². The molecular weight excluding hydrogens is 841 g/mol. The van der Waals surface area contributed by atoms with Gasteiger partial charge >= 0.3 is 5.97 Å². The van der Waals surface area contributed by atoms with Gasteiger partial charge in [-0.15, -0.1) is 0 Å². The van der Waals surface area contributed by atoms with Crippen molar-refractivity contribution in [3.05, 3.63) is 190 Å². The van der Waals surface area contributed by atoms with E-state index in [9.17, 15) is 14.4 Å². The number of ether oxygens (including phenoxy) is 3. The Morgan fingerprint density at radius 3 is 1.64 bits per heavy atom. The van der Waals surface area contributed by atoms with E-state index in [2.05, 4.69) is 45.9 Å². The number of hydrogen-bond donors (Lipinski definition) is 0. The molecule has 2 aliphatic carbocycles. The lowest BCUT2D eigenvalue weighted by molar-refractivity contribution is -0.195. The molecule has 4 aliphatic rings. The third kappa shape index (κ3) is 8.38. The zero-order chi connectivity index (χ0) is 46.3. The van der Waals surface area contributed by atoms with E-state index in [-0.39, 0.29) is 34.7 Å². The molecule has 67 heavy (non-hydrogen) atoms. The van der Waals surface area contributed by atoms with Crippen molar-refractivity contribution in [3.8, 4) is 23.0 Å². The van der Waals surface area contributed by atoms with E-state index >= 15 is 0 Å². The second-order valence-corrected chi connectivity index (χ2v) is 18.9. The Labute approximate surface area is 390 Å². The standard InChI is InChI=1S/C57H52N2O8/c1-55(2)36-57(46-34-42(20-22-44(46)55)66-52(60)26-19-39-18-25-49-51(33-39)64-31-28-59(49)54(62)41-15-9-6-10-16-41)37-56(3,4)45-23-21-43(35-47(45)57)67-65-29-11-12-38-17-24-48-50(32-38)63-30-27-58(48)53(61)40-13-7-5-8-14-40/h5-26,32-35H,27-31,36-37H2,1-4H3. The normalized spacial score (nSPS) is 18.4. The number of fused-ring (bicyclic) bond motifs is 6. The van der Waals surface area contributed by atoms with E-state index in [1.165, 1.54) is 22.8 Å². The van der Waals surface area contributed by atoms with Gasteiger partial charge in [0.2, 0.25) is 0 Å². The lowest BCUT2D eigenvalue weighted by Gasteiger charge is -2.30. The minimum atomic E-state index is -0.498. The summed E-state index contributed by atoms with van der Waals surface area (Å²) in [5.41, 5.74) is 8.58. The molecule has 10 heteroatoms. The molecule has 2 heterocycles. The fraction of sp³-hybridized carbons (Fsp3) is 0.246. The van der Waals surface area contributed by atoms with Crippen molar-refractivity contribution >= 4 is 41.3 Å². The summed E-state index contributed by atoms with van der Waals surface area (Å²) in [5, 5.41) is 0. The molecular formula is C57H52N2O8. The molecule has 2 amide bonds. The summed E-state index contributed by atoms with van der Waals surface area (Å²) in [6.45, 7) is 11.1. The van der Waals surface area contributed by atoms with Crippen LogP contribution in [0.5, 0.6) is 23.0 Å². The topological polar surface area (TPSA) is 104 Å². The predicted molar refractivity (Wildman–Crippen MR) is 259 cm³/mol. The van der Waals surface area contributed by atoms with Gasteiger partial charge in [0.1, 0.15) is 37.1 Å². The molecule has 338 valence electrons. The Balaban J connectivity index is 0.815. The SMILES string of the molecule is CC1(C)CC2(CC(C)(C)c3ccc(OC(=O)C=Cc4ccc5c(c4)OCCN5C(=O)c4ccccc4)cc32)c2cc(OOCC=Cc3ccc4c(c3)OCCN4C(=O)c3ccccc3)ccc21. The van der Waals surface area contributed by atoms with Crippen LogP contribution in [0.4, 0.5) is 11.4 Å². The molecule has 0 bridgehead atoms. The van der Waals surface area contributed by atoms with Gasteiger partial charge in [-0.1, -0.05) is 101 Å². The quantitative estimate of drug-likeness (QED) is 0.0334. The summed E-state index contributed by atoms with van der Waals surface area (Å²) in [4.78, 5) is 55.1. The summed E-state index contributed by atoms with van der Waals surface area (Å²) in [6.07, 6.45) is 8.71. The minimum Gasteiger partial charge on any atom is -0.490 e. The highest BCUT2D eigenvalue weighted by Gasteiger charge is 2.56. The van der Waals surface area contributed by atoms with Crippen LogP contribution in [0.25, 0.3) is 12.2 Å². The highest BCUT2D eigenvalue weighted by molar-refractivity contribution is 6.08. The number of rotatable bonds is 10. The van der Waals surface area contributed by atoms with Gasteiger partial charge in [0.15, 0.2) is 5.75 Å². The average Bonchev–Trinajstić information content (AvgIpc) is 3.71. The second-order valence-electron chi connectivity index (χ2n) is 18.9. The van der Waals surface area contributed by atoms with Crippen molar-refractivity contribution in [3.63, 3.8) is 0 Å². The first-order chi connectivity index (χ1) is 32.4. The van der Waals surface area contributed by atoms with Crippen molar-refractivity contribution in [1.29, 1.82) is 0 Å². The smallest absolute Gasteiger partial charge is 0.336 e. The van der Waals surface area contributed by atoms with Crippen LogP contribution >= 0.6 is 0 Å². The summed E-state index contributed by atoms with van der Waals surface area (Å²) in [7, 11) is 0. The first kappa shape index (κ1) is 43.5. The number of benzene rings is 6. The molecule has 1 unspecified atom stereocenters. The second kappa shape index (κ2) is 17.4. The third-order valence-electron chi connectivity index (χ3n) is 13.4. The Hall–Kier alpha value is -7.43. The van der Waals surface area contributed by atoms with E-state index in [1.807, 2.05) is 115 Å². The molecule has 0 N–H and O–H groups in total. The van der Waals surface area contributed by atoms with Gasteiger partial charge in [-0.3, -0.25) is 9.59 Å². The first-order valence-electron chi connectivity index (χ1n) is 22.8. The summed E-state index contributed by atoms with van der Waals surface area (Å²) >= 11 is 0. The molecule has 2 aliphatic heterocycles. The van der Waals surface area contributed by atoms with Crippen molar-refractivity contribution in [2.45, 2.75) is 56.8 Å². The van der Waals surface area contributed by atoms with Crippen LogP contribution in [0.15, 0.2) is 146 Å². The van der Waals surface area contributed by atoms with Gasteiger partial charge in [0.05, 0.1) is 24.5 Å². The molecule has 1 spiro atoms. The molecule has 0 saturated heterocycles. The van der Waals surface area contributed by atoms with Gasteiger partial charge in [-0.05, 0) is 136 Å². The number of carbonyl (C=O) groups is 3. The van der Waals surface area contributed by atoms with Gasteiger partial charge in [-0.2, -0.15) is 4.89 Å². The van der Waals surface area contributed by atoms with Crippen LogP contribution in [-0.4, -0.2) is 50.7 Å². The highest BCUT2D eigenvalue weighted by Crippen LogP contribution is 2.63. The number of amides is 2. The highest BCUT2D eigenvalue weighted by atomic mass is 17.2. The molecule has 10 nitrogen and oxygen atoms in total. The van der Waals surface area contributed by atoms with Crippen LogP contribution in [0.1, 0.15) is 94.6 Å². The van der Waals surface area contributed by atoms with Crippen molar-refractivity contribution < 1.29 is 38.4 Å². The predicted octanol–water partition coefficient (Wildman–Crippen LogP) is 11.1. The lowest BCUT2D eigenvalue weighted by Crippen LogP contribution is -2.37. The van der Waals surface area contributed by atoms with E-state index in [1.54, 1.807) is 28.0 Å². The monoisotopic (exact) mass is 892 g/mol. The Bertz CT molecular complexity index is 2950. The Kier molecular flexibility index (Phi) is 11.3. The molecule has 0 fully saturated rings. The van der Waals surface area contributed by atoms with E-state index in [4.69, 9.17) is 24.0 Å². The van der Waals surface area contributed by atoms with Gasteiger partial charge in [0.25, 0.3) is 11.8 Å². The maximum atomic E-state index is 13.4. The maximum Gasteiger partial charge on any atom is 0.336 e. The Morgan fingerprint density at radius 2 is 1.09 bits per heavy atom. The third-order valence-corrected chi connectivity index (χ3v) is 13.4.